The average molecular weight is 467 g/mol. The fourth-order valence-corrected chi connectivity index (χ4v) is 4.98. The van der Waals surface area contributed by atoms with E-state index in [2.05, 4.69) is 9.97 Å². The molecule has 0 aliphatic carbocycles. The lowest BCUT2D eigenvalue weighted by Gasteiger charge is -2.27. The molecule has 1 aliphatic heterocycles. The van der Waals surface area contributed by atoms with Gasteiger partial charge in [-0.15, -0.1) is 11.3 Å². The van der Waals surface area contributed by atoms with Gasteiger partial charge in [0.1, 0.15) is 5.75 Å². The number of nitrogens with zero attached hydrogens (tertiary/aromatic N) is 4. The van der Waals surface area contributed by atoms with Crippen molar-refractivity contribution in [3.8, 4) is 5.75 Å². The molecule has 1 unspecified atom stereocenters. The first-order valence-electron chi connectivity index (χ1n) is 10.8. The second-order valence-electron chi connectivity index (χ2n) is 7.80. The summed E-state index contributed by atoms with van der Waals surface area (Å²) in [5.74, 6) is -0.772. The summed E-state index contributed by atoms with van der Waals surface area (Å²) in [7, 11) is 0. The van der Waals surface area contributed by atoms with Crippen LogP contribution in [0.1, 0.15) is 45.3 Å². The smallest absolute Gasteiger partial charge is 0.290 e. The van der Waals surface area contributed by atoms with Crippen LogP contribution in [0, 0.1) is 13.8 Å². The Morgan fingerprint density at radius 3 is 2.76 bits per heavy atom. The number of aliphatic hydroxyl groups is 1. The van der Waals surface area contributed by atoms with Crippen molar-refractivity contribution in [3.05, 3.63) is 75.5 Å². The van der Waals surface area contributed by atoms with Gasteiger partial charge in [-0.3, -0.25) is 9.59 Å². The Morgan fingerprint density at radius 1 is 1.27 bits per heavy atom. The van der Waals surface area contributed by atoms with Gasteiger partial charge in [-0.05, 0) is 44.9 Å². The quantitative estimate of drug-likeness (QED) is 0.478. The van der Waals surface area contributed by atoms with Gasteiger partial charge in [0.2, 0.25) is 5.78 Å². The summed E-state index contributed by atoms with van der Waals surface area (Å²) < 4.78 is 7.57. The van der Waals surface area contributed by atoms with Crippen LogP contribution in [-0.4, -0.2) is 49.4 Å². The fraction of sp³-hybridized carbons (Fsp3) is 0.333. The maximum atomic E-state index is 13.6. The molecule has 0 saturated carbocycles. The predicted octanol–water partition coefficient (Wildman–Crippen LogP) is 4.02. The molecule has 1 aromatic carbocycles. The predicted molar refractivity (Wildman–Crippen MR) is 124 cm³/mol. The van der Waals surface area contributed by atoms with E-state index in [1.165, 1.54) is 11.3 Å². The third kappa shape index (κ3) is 4.54. The number of imidazole rings is 1. The van der Waals surface area contributed by atoms with Gasteiger partial charge in [0.15, 0.2) is 5.76 Å². The van der Waals surface area contributed by atoms with E-state index in [0.717, 1.165) is 5.01 Å². The van der Waals surface area contributed by atoms with Crippen LogP contribution in [-0.2, 0) is 11.3 Å². The molecule has 3 aromatic rings. The van der Waals surface area contributed by atoms with Crippen molar-refractivity contribution < 1.29 is 19.4 Å². The lowest BCUT2D eigenvalue weighted by atomic mass is 9.95. The summed E-state index contributed by atoms with van der Waals surface area (Å²) in [4.78, 5) is 37.1. The van der Waals surface area contributed by atoms with E-state index < -0.39 is 17.7 Å². The first-order chi connectivity index (χ1) is 15.9. The lowest BCUT2D eigenvalue weighted by molar-refractivity contribution is -0.129. The molecule has 1 N–H and O–H groups in total. The molecule has 33 heavy (non-hydrogen) atoms. The van der Waals surface area contributed by atoms with Gasteiger partial charge < -0.3 is 19.3 Å². The zero-order chi connectivity index (χ0) is 23.5. The van der Waals surface area contributed by atoms with Crippen molar-refractivity contribution in [3.63, 3.8) is 0 Å². The van der Waals surface area contributed by atoms with Crippen LogP contribution in [0.15, 0.2) is 54.3 Å². The first-order valence-corrected chi connectivity index (χ1v) is 11.6. The van der Waals surface area contributed by atoms with Crippen molar-refractivity contribution in [1.82, 2.24) is 19.4 Å². The van der Waals surface area contributed by atoms with Gasteiger partial charge >= 0.3 is 0 Å². The fourth-order valence-electron chi connectivity index (χ4n) is 4.11. The molecule has 0 fully saturated rings. The highest BCUT2D eigenvalue weighted by atomic mass is 32.1. The largest absolute Gasteiger partial charge is 0.503 e. The number of hydrogen-bond acceptors (Lipinski definition) is 7. The van der Waals surface area contributed by atoms with E-state index in [1.807, 2.05) is 48.9 Å². The molecule has 0 spiro atoms. The minimum atomic E-state index is -0.713. The number of amides is 1. The van der Waals surface area contributed by atoms with Crippen LogP contribution in [0.2, 0.25) is 0 Å². The van der Waals surface area contributed by atoms with Crippen molar-refractivity contribution in [2.24, 2.45) is 0 Å². The zero-order valence-corrected chi connectivity index (χ0v) is 19.6. The standard InChI is InChI=1S/C24H26N4O4S/c1-4-32-18-8-5-7-17(13-18)20-19(21(29)23-15(2)26-16(3)33-23)22(30)24(31)28(20)11-6-10-27-12-9-25-14-27/h5,7-9,12-14,20,30H,4,6,10-11H2,1-3H3. The van der Waals surface area contributed by atoms with E-state index in [-0.39, 0.29) is 11.4 Å². The van der Waals surface area contributed by atoms with Crippen molar-refractivity contribution >= 4 is 23.0 Å². The van der Waals surface area contributed by atoms with E-state index >= 15 is 0 Å². The van der Waals surface area contributed by atoms with Gasteiger partial charge in [0.05, 0.1) is 40.1 Å². The molecule has 9 heteroatoms. The molecule has 1 amide bonds. The Labute approximate surface area is 196 Å². The highest BCUT2D eigenvalue weighted by Gasteiger charge is 2.44. The number of carbonyl (C=O) groups is 2. The molecule has 8 nitrogen and oxygen atoms in total. The van der Waals surface area contributed by atoms with Crippen LogP contribution >= 0.6 is 11.3 Å². The Kier molecular flexibility index (Phi) is 6.60. The molecule has 3 heterocycles. The third-order valence-electron chi connectivity index (χ3n) is 5.52. The van der Waals surface area contributed by atoms with Gasteiger partial charge in [0, 0.05) is 25.5 Å². The Bertz CT molecular complexity index is 1200. The normalized spacial score (nSPS) is 16.0. The highest BCUT2D eigenvalue weighted by molar-refractivity contribution is 7.14. The minimum absolute atomic E-state index is 0.0861. The van der Waals surface area contributed by atoms with Crippen LogP contribution in [0.4, 0.5) is 0 Å². The van der Waals surface area contributed by atoms with Crippen molar-refractivity contribution in [2.75, 3.05) is 13.2 Å². The number of aryl methyl sites for hydroxylation is 3. The number of thiazole rings is 1. The van der Waals surface area contributed by atoms with Crippen LogP contribution in [0.25, 0.3) is 0 Å². The summed E-state index contributed by atoms with van der Waals surface area (Å²) >= 11 is 1.27. The van der Waals surface area contributed by atoms with E-state index in [9.17, 15) is 14.7 Å². The molecule has 2 aromatic heterocycles. The van der Waals surface area contributed by atoms with Gasteiger partial charge in [-0.25, -0.2) is 9.97 Å². The first kappa shape index (κ1) is 22.7. The third-order valence-corrected chi connectivity index (χ3v) is 6.59. The molecule has 4 rings (SSSR count). The zero-order valence-electron chi connectivity index (χ0n) is 18.8. The van der Waals surface area contributed by atoms with Crippen LogP contribution in [0.5, 0.6) is 5.75 Å². The summed E-state index contributed by atoms with van der Waals surface area (Å²) in [5.41, 5.74) is 1.39. The summed E-state index contributed by atoms with van der Waals surface area (Å²) in [5, 5.41) is 11.6. The maximum Gasteiger partial charge on any atom is 0.290 e. The number of benzene rings is 1. The molecule has 0 saturated heterocycles. The highest BCUT2D eigenvalue weighted by Crippen LogP contribution is 2.41. The molecule has 1 aliphatic rings. The van der Waals surface area contributed by atoms with Crippen molar-refractivity contribution in [1.29, 1.82) is 0 Å². The average Bonchev–Trinajstić information content (AvgIpc) is 3.49. The summed E-state index contributed by atoms with van der Waals surface area (Å²) in [6.45, 7) is 7.00. The number of rotatable bonds is 9. The SMILES string of the molecule is CCOc1cccc(C2C(C(=O)c3sc(C)nc3C)=C(O)C(=O)N2CCCn2ccnc2)c1. The molecule has 0 bridgehead atoms. The number of aromatic nitrogens is 3. The molecule has 0 radical (unpaired) electrons. The number of aliphatic hydroxyl groups excluding tert-OH is 1. The Morgan fingerprint density at radius 2 is 2.09 bits per heavy atom. The summed E-state index contributed by atoms with van der Waals surface area (Å²) in [6, 6.07) is 6.61. The monoisotopic (exact) mass is 466 g/mol. The number of ketones is 1. The number of hydrogen-bond donors (Lipinski definition) is 1. The van der Waals surface area contributed by atoms with Gasteiger partial charge in [-0.1, -0.05) is 12.1 Å². The van der Waals surface area contributed by atoms with Crippen LogP contribution in [0.3, 0.4) is 0 Å². The van der Waals surface area contributed by atoms with Crippen LogP contribution < -0.4 is 4.74 Å². The van der Waals surface area contributed by atoms with E-state index in [4.69, 9.17) is 4.74 Å². The Balaban J connectivity index is 1.71. The Hall–Kier alpha value is -3.46. The van der Waals surface area contributed by atoms with E-state index in [0.29, 0.717) is 48.0 Å². The second-order valence-corrected chi connectivity index (χ2v) is 9.00. The van der Waals surface area contributed by atoms with Crippen molar-refractivity contribution in [2.45, 2.75) is 39.8 Å². The second kappa shape index (κ2) is 9.58. The number of Topliss-reactive ketones (excluding diaryl/α,β-unsaturated/α-hetero) is 1. The van der Waals surface area contributed by atoms with E-state index in [1.54, 1.807) is 24.3 Å². The molecule has 1 atom stereocenters. The minimum Gasteiger partial charge on any atom is -0.503 e. The molecular formula is C24H26N4O4S. The topological polar surface area (TPSA) is 97.5 Å². The summed E-state index contributed by atoms with van der Waals surface area (Å²) in [6.07, 6.45) is 5.91. The number of ether oxygens (including phenoxy) is 1. The molecule has 172 valence electrons. The maximum absolute atomic E-state index is 13.6. The molecular weight excluding hydrogens is 440 g/mol. The lowest BCUT2D eigenvalue weighted by Crippen LogP contribution is -2.32. The number of carbonyl (C=O) groups excluding carboxylic acids is 2. The van der Waals surface area contributed by atoms with Gasteiger partial charge in [-0.2, -0.15) is 0 Å². The van der Waals surface area contributed by atoms with Gasteiger partial charge in [0.25, 0.3) is 5.91 Å².